The standard InChI is InChI=1S/C14H20N4O2/c1-20-9-8-15-6-7-16-14(19)10-13-11-4-2-3-5-12(11)17-18-13/h2-5,15H,6-10H2,1H3,(H,16,19)(H,17,18). The number of hydrogen-bond acceptors (Lipinski definition) is 4. The van der Waals surface area contributed by atoms with Crippen LogP contribution in [-0.2, 0) is 16.0 Å². The molecule has 6 nitrogen and oxygen atoms in total. The summed E-state index contributed by atoms with van der Waals surface area (Å²) in [6.45, 7) is 2.80. The monoisotopic (exact) mass is 276 g/mol. The lowest BCUT2D eigenvalue weighted by molar-refractivity contribution is -0.120. The van der Waals surface area contributed by atoms with Crippen molar-refractivity contribution < 1.29 is 9.53 Å². The second kappa shape index (κ2) is 7.62. The number of H-pyrrole nitrogens is 1. The molecular weight excluding hydrogens is 256 g/mol. The number of aromatic amines is 1. The highest BCUT2D eigenvalue weighted by Crippen LogP contribution is 2.15. The van der Waals surface area contributed by atoms with Crippen LogP contribution in [0.3, 0.4) is 0 Å². The topological polar surface area (TPSA) is 79.0 Å². The van der Waals surface area contributed by atoms with E-state index in [1.807, 2.05) is 24.3 Å². The molecule has 0 fully saturated rings. The van der Waals surface area contributed by atoms with Crippen molar-refractivity contribution in [2.75, 3.05) is 33.4 Å². The normalized spacial score (nSPS) is 10.8. The van der Waals surface area contributed by atoms with Crippen LogP contribution in [0.4, 0.5) is 0 Å². The maximum atomic E-state index is 11.8. The van der Waals surface area contributed by atoms with Crippen LogP contribution >= 0.6 is 0 Å². The number of methoxy groups -OCH3 is 1. The molecule has 0 aliphatic rings. The Hall–Kier alpha value is -1.92. The zero-order valence-electron chi connectivity index (χ0n) is 11.6. The van der Waals surface area contributed by atoms with E-state index in [4.69, 9.17) is 4.74 Å². The summed E-state index contributed by atoms with van der Waals surface area (Å²) >= 11 is 0. The molecule has 0 spiro atoms. The maximum absolute atomic E-state index is 11.8. The third kappa shape index (κ3) is 4.04. The summed E-state index contributed by atoms with van der Waals surface area (Å²) in [5, 5.41) is 14.1. The van der Waals surface area contributed by atoms with Crippen molar-refractivity contribution in [3.8, 4) is 0 Å². The lowest BCUT2D eigenvalue weighted by Crippen LogP contribution is -2.33. The van der Waals surface area contributed by atoms with Crippen LogP contribution in [0, 0.1) is 0 Å². The first kappa shape index (κ1) is 14.5. The number of carbonyl (C=O) groups excluding carboxylic acids is 1. The molecule has 6 heteroatoms. The van der Waals surface area contributed by atoms with Gasteiger partial charge < -0.3 is 15.4 Å². The van der Waals surface area contributed by atoms with Crippen LogP contribution in [0.5, 0.6) is 0 Å². The second-order valence-electron chi connectivity index (χ2n) is 4.49. The Morgan fingerprint density at radius 2 is 2.15 bits per heavy atom. The Morgan fingerprint density at radius 3 is 3.00 bits per heavy atom. The first-order valence-electron chi connectivity index (χ1n) is 6.69. The Bertz CT molecular complexity index is 553. The van der Waals surface area contributed by atoms with Crippen LogP contribution in [-0.4, -0.2) is 49.5 Å². The maximum Gasteiger partial charge on any atom is 0.226 e. The van der Waals surface area contributed by atoms with E-state index in [1.165, 1.54) is 0 Å². The van der Waals surface area contributed by atoms with Crippen LogP contribution in [0.15, 0.2) is 24.3 Å². The molecule has 2 rings (SSSR count). The molecule has 20 heavy (non-hydrogen) atoms. The van der Waals surface area contributed by atoms with Crippen molar-refractivity contribution in [2.24, 2.45) is 0 Å². The number of nitrogens with zero attached hydrogens (tertiary/aromatic N) is 1. The highest BCUT2D eigenvalue weighted by Gasteiger charge is 2.08. The number of aromatic nitrogens is 2. The second-order valence-corrected chi connectivity index (χ2v) is 4.49. The fourth-order valence-electron chi connectivity index (χ4n) is 1.96. The third-order valence-corrected chi connectivity index (χ3v) is 2.98. The van der Waals surface area contributed by atoms with Gasteiger partial charge in [0, 0.05) is 32.1 Å². The minimum Gasteiger partial charge on any atom is -0.383 e. The minimum atomic E-state index is -0.00653. The molecular formula is C14H20N4O2. The molecule has 0 bridgehead atoms. The zero-order chi connectivity index (χ0) is 14.2. The van der Waals surface area contributed by atoms with E-state index < -0.39 is 0 Å². The summed E-state index contributed by atoms with van der Waals surface area (Å²) in [5.74, 6) is -0.00653. The SMILES string of the molecule is COCCNCCNC(=O)Cc1[nH]nc2ccccc12. The van der Waals surface area contributed by atoms with Crippen molar-refractivity contribution in [1.82, 2.24) is 20.8 Å². The van der Waals surface area contributed by atoms with Gasteiger partial charge in [-0.15, -0.1) is 0 Å². The number of nitrogens with one attached hydrogen (secondary N) is 3. The van der Waals surface area contributed by atoms with Crippen LogP contribution in [0.1, 0.15) is 5.69 Å². The molecule has 1 aromatic carbocycles. The number of rotatable bonds is 8. The Balaban J connectivity index is 1.74. The molecule has 108 valence electrons. The quantitative estimate of drug-likeness (QED) is 0.612. The minimum absolute atomic E-state index is 0.00653. The van der Waals surface area contributed by atoms with E-state index >= 15 is 0 Å². The van der Waals surface area contributed by atoms with Gasteiger partial charge in [-0.1, -0.05) is 18.2 Å². The molecule has 1 amide bonds. The summed E-state index contributed by atoms with van der Waals surface area (Å²) < 4.78 is 4.92. The molecule has 1 heterocycles. The lowest BCUT2D eigenvalue weighted by Gasteiger charge is -2.06. The Labute approximate surface area is 117 Å². The number of ether oxygens (including phenoxy) is 1. The molecule has 0 aliphatic carbocycles. The summed E-state index contributed by atoms with van der Waals surface area (Å²) in [6, 6.07) is 7.76. The van der Waals surface area contributed by atoms with Gasteiger partial charge in [-0.05, 0) is 6.07 Å². The van der Waals surface area contributed by atoms with Gasteiger partial charge in [-0.3, -0.25) is 9.89 Å². The van der Waals surface area contributed by atoms with E-state index in [-0.39, 0.29) is 5.91 Å². The van der Waals surface area contributed by atoms with Gasteiger partial charge in [-0.2, -0.15) is 5.10 Å². The smallest absolute Gasteiger partial charge is 0.226 e. The number of hydrogen-bond donors (Lipinski definition) is 3. The first-order valence-corrected chi connectivity index (χ1v) is 6.69. The molecule has 0 radical (unpaired) electrons. The van der Waals surface area contributed by atoms with E-state index in [1.54, 1.807) is 7.11 Å². The molecule has 0 saturated carbocycles. The number of benzene rings is 1. The van der Waals surface area contributed by atoms with Crippen molar-refractivity contribution in [1.29, 1.82) is 0 Å². The van der Waals surface area contributed by atoms with Gasteiger partial charge in [0.15, 0.2) is 0 Å². The summed E-state index contributed by atoms with van der Waals surface area (Å²) in [6.07, 6.45) is 0.318. The van der Waals surface area contributed by atoms with Crippen LogP contribution in [0.25, 0.3) is 10.9 Å². The van der Waals surface area contributed by atoms with E-state index in [0.29, 0.717) is 19.6 Å². The number of carbonyl (C=O) groups is 1. The highest BCUT2D eigenvalue weighted by atomic mass is 16.5. The van der Waals surface area contributed by atoms with E-state index in [2.05, 4.69) is 20.8 Å². The van der Waals surface area contributed by atoms with Crippen LogP contribution < -0.4 is 10.6 Å². The lowest BCUT2D eigenvalue weighted by atomic mass is 10.1. The Morgan fingerprint density at radius 1 is 1.30 bits per heavy atom. The summed E-state index contributed by atoms with van der Waals surface area (Å²) in [4.78, 5) is 11.8. The largest absolute Gasteiger partial charge is 0.383 e. The van der Waals surface area contributed by atoms with Gasteiger partial charge in [0.1, 0.15) is 0 Å². The van der Waals surface area contributed by atoms with Gasteiger partial charge in [-0.25, -0.2) is 0 Å². The predicted molar refractivity (Wildman–Crippen MR) is 77.6 cm³/mol. The summed E-state index contributed by atoms with van der Waals surface area (Å²) in [5.41, 5.74) is 1.74. The number of para-hydroxylation sites is 1. The molecule has 3 N–H and O–H groups in total. The van der Waals surface area contributed by atoms with Crippen molar-refractivity contribution in [3.63, 3.8) is 0 Å². The van der Waals surface area contributed by atoms with Gasteiger partial charge in [0.2, 0.25) is 5.91 Å². The van der Waals surface area contributed by atoms with Gasteiger partial charge in [0.05, 0.1) is 24.2 Å². The number of fused-ring (bicyclic) bond motifs is 1. The predicted octanol–water partition coefficient (Wildman–Crippen LogP) is 0.458. The van der Waals surface area contributed by atoms with Crippen LogP contribution in [0.2, 0.25) is 0 Å². The highest BCUT2D eigenvalue weighted by molar-refractivity contribution is 5.87. The van der Waals surface area contributed by atoms with E-state index in [0.717, 1.165) is 29.7 Å². The molecule has 0 aliphatic heterocycles. The molecule has 0 saturated heterocycles. The fourth-order valence-corrected chi connectivity index (χ4v) is 1.96. The molecule has 1 aromatic heterocycles. The molecule has 0 unspecified atom stereocenters. The molecule has 2 aromatic rings. The van der Waals surface area contributed by atoms with Crippen molar-refractivity contribution in [2.45, 2.75) is 6.42 Å². The zero-order valence-corrected chi connectivity index (χ0v) is 11.6. The third-order valence-electron chi connectivity index (χ3n) is 2.98. The van der Waals surface area contributed by atoms with E-state index in [9.17, 15) is 4.79 Å². The van der Waals surface area contributed by atoms with Gasteiger partial charge in [0.25, 0.3) is 0 Å². The summed E-state index contributed by atoms with van der Waals surface area (Å²) in [7, 11) is 1.66. The number of amides is 1. The first-order chi connectivity index (χ1) is 9.81. The average molecular weight is 276 g/mol. The van der Waals surface area contributed by atoms with Gasteiger partial charge >= 0.3 is 0 Å². The Kier molecular flexibility index (Phi) is 5.52. The van der Waals surface area contributed by atoms with Crippen molar-refractivity contribution in [3.05, 3.63) is 30.0 Å². The molecule has 0 atom stereocenters. The van der Waals surface area contributed by atoms with Crippen molar-refractivity contribution >= 4 is 16.8 Å². The fraction of sp³-hybridized carbons (Fsp3) is 0.429. The average Bonchev–Trinajstić information content (AvgIpc) is 2.86.